The van der Waals surface area contributed by atoms with Crippen molar-refractivity contribution < 1.29 is 0 Å². The molecule has 1 N–H and O–H groups in total. The molecule has 4 heteroatoms. The maximum Gasteiger partial charge on any atom is 0.0897 e. The van der Waals surface area contributed by atoms with Crippen molar-refractivity contribution in [3.63, 3.8) is 0 Å². The van der Waals surface area contributed by atoms with Crippen LogP contribution in [-0.2, 0) is 19.6 Å². The number of nitrogens with one attached hydrogen (secondary N) is 1. The zero-order chi connectivity index (χ0) is 15.1. The highest BCUT2D eigenvalue weighted by Crippen LogP contribution is 2.14. The quantitative estimate of drug-likeness (QED) is 0.756. The Bertz CT molecular complexity index is 550. The van der Waals surface area contributed by atoms with E-state index in [1.807, 2.05) is 0 Å². The van der Waals surface area contributed by atoms with Gasteiger partial charge in [-0.3, -0.25) is 4.90 Å². The number of benzene rings is 1. The molecule has 1 aromatic carbocycles. The molecule has 0 unspecified atom stereocenters. The van der Waals surface area contributed by atoms with Gasteiger partial charge in [-0.25, -0.2) is 4.98 Å². The van der Waals surface area contributed by atoms with Crippen LogP contribution in [0.5, 0.6) is 0 Å². The van der Waals surface area contributed by atoms with Gasteiger partial charge < -0.3 is 5.32 Å². The molecule has 0 bridgehead atoms. The molecule has 21 heavy (non-hydrogen) atoms. The number of thiazole rings is 1. The molecule has 0 aliphatic rings. The largest absolute Gasteiger partial charge is 0.313 e. The second-order valence-electron chi connectivity index (χ2n) is 5.48. The van der Waals surface area contributed by atoms with Gasteiger partial charge in [0.25, 0.3) is 0 Å². The summed E-state index contributed by atoms with van der Waals surface area (Å²) in [5, 5.41) is 6.78. The lowest BCUT2D eigenvalue weighted by Gasteiger charge is -2.18. The van der Waals surface area contributed by atoms with Crippen molar-refractivity contribution in [1.82, 2.24) is 15.2 Å². The third-order valence-corrected chi connectivity index (χ3v) is 4.22. The predicted octanol–water partition coefficient (Wildman–Crippen LogP) is 3.58. The summed E-state index contributed by atoms with van der Waals surface area (Å²) in [5.74, 6) is 0. The van der Waals surface area contributed by atoms with Gasteiger partial charge in [-0.2, -0.15) is 0 Å². The molecule has 2 rings (SSSR count). The molecule has 0 saturated carbocycles. The lowest BCUT2D eigenvalue weighted by atomic mass is 10.1. The van der Waals surface area contributed by atoms with Crippen LogP contribution in [0.25, 0.3) is 0 Å². The van der Waals surface area contributed by atoms with E-state index in [0.717, 1.165) is 31.2 Å². The molecule has 114 valence electrons. The van der Waals surface area contributed by atoms with Gasteiger partial charge in [0.2, 0.25) is 0 Å². The fourth-order valence-electron chi connectivity index (χ4n) is 2.39. The Labute approximate surface area is 132 Å². The number of hydrogen-bond donors (Lipinski definition) is 1. The predicted molar refractivity (Wildman–Crippen MR) is 90.5 cm³/mol. The first-order chi connectivity index (χ1) is 10.2. The average Bonchev–Trinajstić information content (AvgIpc) is 2.86. The van der Waals surface area contributed by atoms with Crippen molar-refractivity contribution in [1.29, 1.82) is 0 Å². The van der Waals surface area contributed by atoms with Gasteiger partial charge in [0.05, 0.1) is 10.7 Å². The van der Waals surface area contributed by atoms with Gasteiger partial charge in [-0.15, -0.1) is 11.3 Å². The smallest absolute Gasteiger partial charge is 0.0897 e. The molecular formula is C17H25N3S. The van der Waals surface area contributed by atoms with Crippen LogP contribution in [0.1, 0.15) is 35.2 Å². The molecule has 1 aromatic heterocycles. The van der Waals surface area contributed by atoms with E-state index < -0.39 is 0 Å². The molecule has 0 aliphatic carbocycles. The van der Waals surface area contributed by atoms with E-state index in [2.05, 4.69) is 65.7 Å². The summed E-state index contributed by atoms with van der Waals surface area (Å²) in [7, 11) is 2.16. The van der Waals surface area contributed by atoms with Crippen molar-refractivity contribution >= 4 is 11.3 Å². The van der Waals surface area contributed by atoms with Crippen LogP contribution >= 0.6 is 11.3 Å². The van der Waals surface area contributed by atoms with Gasteiger partial charge in [-0.05, 0) is 38.1 Å². The van der Waals surface area contributed by atoms with E-state index in [1.165, 1.54) is 23.2 Å². The molecule has 0 aliphatic heterocycles. The third kappa shape index (κ3) is 5.23. The highest BCUT2D eigenvalue weighted by Gasteiger charge is 2.07. The van der Waals surface area contributed by atoms with Crippen LogP contribution in [-0.4, -0.2) is 23.5 Å². The average molecular weight is 303 g/mol. The Kier molecular flexibility index (Phi) is 6.36. The summed E-state index contributed by atoms with van der Waals surface area (Å²) in [5.41, 5.74) is 3.96. The van der Waals surface area contributed by atoms with Crippen LogP contribution in [0.2, 0.25) is 0 Å². The summed E-state index contributed by atoms with van der Waals surface area (Å²) < 4.78 is 0. The molecule has 0 fully saturated rings. The topological polar surface area (TPSA) is 28.2 Å². The van der Waals surface area contributed by atoms with E-state index >= 15 is 0 Å². The fraction of sp³-hybridized carbons (Fsp3) is 0.471. The molecule has 0 atom stereocenters. The number of aromatic nitrogens is 1. The van der Waals surface area contributed by atoms with Crippen molar-refractivity contribution in [2.24, 2.45) is 0 Å². The first kappa shape index (κ1) is 16.1. The standard InChI is InChI=1S/C17H25N3S/c1-4-9-18-10-15-7-5-6-8-16(15)11-20(3)12-17-13-21-14(2)19-17/h5-8,13,18H,4,9-12H2,1-3H3. The molecule has 0 saturated heterocycles. The second-order valence-corrected chi connectivity index (χ2v) is 6.54. The first-order valence-corrected chi connectivity index (χ1v) is 8.44. The maximum atomic E-state index is 4.54. The summed E-state index contributed by atoms with van der Waals surface area (Å²) >= 11 is 1.72. The Morgan fingerprint density at radius 3 is 2.62 bits per heavy atom. The fourth-order valence-corrected chi connectivity index (χ4v) is 2.99. The molecular weight excluding hydrogens is 278 g/mol. The molecule has 0 spiro atoms. The van der Waals surface area contributed by atoms with E-state index in [-0.39, 0.29) is 0 Å². The van der Waals surface area contributed by atoms with Crippen LogP contribution < -0.4 is 5.32 Å². The van der Waals surface area contributed by atoms with Gasteiger partial charge in [0.15, 0.2) is 0 Å². The highest BCUT2D eigenvalue weighted by molar-refractivity contribution is 7.09. The number of rotatable bonds is 8. The van der Waals surface area contributed by atoms with E-state index in [9.17, 15) is 0 Å². The second kappa shape index (κ2) is 8.27. The van der Waals surface area contributed by atoms with Crippen LogP contribution in [0.4, 0.5) is 0 Å². The van der Waals surface area contributed by atoms with E-state index in [4.69, 9.17) is 0 Å². The lowest BCUT2D eigenvalue weighted by molar-refractivity contribution is 0.314. The Morgan fingerprint density at radius 1 is 1.19 bits per heavy atom. The molecule has 3 nitrogen and oxygen atoms in total. The lowest BCUT2D eigenvalue weighted by Crippen LogP contribution is -2.20. The summed E-state index contributed by atoms with van der Waals surface area (Å²) in [6.07, 6.45) is 1.17. The minimum Gasteiger partial charge on any atom is -0.313 e. The zero-order valence-electron chi connectivity index (χ0n) is 13.2. The minimum absolute atomic E-state index is 0.904. The van der Waals surface area contributed by atoms with Crippen molar-refractivity contribution in [3.05, 3.63) is 51.5 Å². The van der Waals surface area contributed by atoms with Crippen LogP contribution in [0.3, 0.4) is 0 Å². The van der Waals surface area contributed by atoms with Crippen LogP contribution in [0.15, 0.2) is 29.6 Å². The van der Waals surface area contributed by atoms with Crippen molar-refractivity contribution in [2.45, 2.75) is 39.9 Å². The minimum atomic E-state index is 0.904. The van der Waals surface area contributed by atoms with E-state index in [0.29, 0.717) is 0 Å². The van der Waals surface area contributed by atoms with Gasteiger partial charge in [0.1, 0.15) is 0 Å². The highest BCUT2D eigenvalue weighted by atomic mass is 32.1. The maximum absolute atomic E-state index is 4.54. The van der Waals surface area contributed by atoms with Gasteiger partial charge in [-0.1, -0.05) is 31.2 Å². The summed E-state index contributed by atoms with van der Waals surface area (Å²) in [6, 6.07) is 8.69. The number of nitrogens with zero attached hydrogens (tertiary/aromatic N) is 2. The van der Waals surface area contributed by atoms with Crippen molar-refractivity contribution in [3.8, 4) is 0 Å². The first-order valence-electron chi connectivity index (χ1n) is 7.56. The Hall–Kier alpha value is -1.23. The van der Waals surface area contributed by atoms with Crippen molar-refractivity contribution in [2.75, 3.05) is 13.6 Å². The number of hydrogen-bond acceptors (Lipinski definition) is 4. The monoisotopic (exact) mass is 303 g/mol. The van der Waals surface area contributed by atoms with Gasteiger partial charge >= 0.3 is 0 Å². The third-order valence-electron chi connectivity index (χ3n) is 3.40. The Morgan fingerprint density at radius 2 is 1.95 bits per heavy atom. The van der Waals surface area contributed by atoms with Gasteiger partial charge in [0, 0.05) is 25.0 Å². The number of aryl methyl sites for hydroxylation is 1. The summed E-state index contributed by atoms with van der Waals surface area (Å²) in [6.45, 7) is 8.14. The Balaban J connectivity index is 1.94. The zero-order valence-corrected chi connectivity index (χ0v) is 14.0. The summed E-state index contributed by atoms with van der Waals surface area (Å²) in [4.78, 5) is 6.87. The molecule has 0 amide bonds. The molecule has 0 radical (unpaired) electrons. The van der Waals surface area contributed by atoms with E-state index in [1.54, 1.807) is 11.3 Å². The normalized spacial score (nSPS) is 11.2. The molecule has 1 heterocycles. The molecule has 2 aromatic rings. The van der Waals surface area contributed by atoms with Crippen LogP contribution in [0, 0.1) is 6.92 Å². The SMILES string of the molecule is CCCNCc1ccccc1CN(C)Cc1csc(C)n1.